The smallest absolute Gasteiger partial charge is 0.407 e. The average molecular weight is 776 g/mol. The number of alkyl carbamates (subject to hydrolysis) is 1. The van der Waals surface area contributed by atoms with Crippen LogP contribution >= 0.6 is 0 Å². The fraction of sp³-hybridized carbons (Fsp3) is 0.275. The molecule has 1 unspecified atom stereocenters. The summed E-state index contributed by atoms with van der Waals surface area (Å²) in [6.07, 6.45) is -2.91. The number of fused-ring (bicyclic) bond motifs is 3. The SMILES string of the molecule is C=C(CCC(CCC=O)(CCC(=O)Oc1c(F)c(C)c(F)c(F)c1F)NC(=O)OCC1c2ccccc2-c2ccccc21)Oc1c(F)c(C)c(F)c(F)c1F. The normalized spacial score (nSPS) is 13.1. The highest BCUT2D eigenvalue weighted by Gasteiger charge is 2.36. The van der Waals surface area contributed by atoms with Gasteiger partial charge in [0.15, 0.2) is 34.9 Å². The van der Waals surface area contributed by atoms with E-state index in [0.717, 1.165) is 36.1 Å². The van der Waals surface area contributed by atoms with Gasteiger partial charge in [-0.2, -0.15) is 8.78 Å². The Balaban J connectivity index is 1.39. The highest BCUT2D eigenvalue weighted by Crippen LogP contribution is 2.44. The predicted molar refractivity (Wildman–Crippen MR) is 182 cm³/mol. The number of rotatable bonds is 15. The molecule has 0 saturated carbocycles. The number of nitrogens with one attached hydrogen (secondary N) is 1. The number of amides is 1. The quantitative estimate of drug-likeness (QED) is 0.0246. The lowest BCUT2D eigenvalue weighted by Crippen LogP contribution is -2.49. The number of esters is 1. The predicted octanol–water partition coefficient (Wildman–Crippen LogP) is 9.73. The maximum absolute atomic E-state index is 14.7. The molecule has 0 spiro atoms. The molecular formula is C40H33F8NO6. The maximum Gasteiger partial charge on any atom is 0.407 e. The lowest BCUT2D eigenvalue weighted by atomic mass is 9.83. The van der Waals surface area contributed by atoms with E-state index < -0.39 is 105 Å². The van der Waals surface area contributed by atoms with Gasteiger partial charge in [-0.3, -0.25) is 4.79 Å². The van der Waals surface area contributed by atoms with E-state index in [1.165, 1.54) is 0 Å². The van der Waals surface area contributed by atoms with E-state index in [4.69, 9.17) is 14.2 Å². The monoisotopic (exact) mass is 775 g/mol. The Morgan fingerprint density at radius 2 is 1.18 bits per heavy atom. The summed E-state index contributed by atoms with van der Waals surface area (Å²) < 4.78 is 130. The molecule has 1 N–H and O–H groups in total. The van der Waals surface area contributed by atoms with E-state index in [1.807, 2.05) is 48.5 Å². The molecule has 4 aromatic carbocycles. The lowest BCUT2D eigenvalue weighted by Gasteiger charge is -2.34. The van der Waals surface area contributed by atoms with Crippen LogP contribution in [-0.4, -0.2) is 30.5 Å². The molecule has 1 aliphatic carbocycles. The first-order valence-electron chi connectivity index (χ1n) is 16.9. The van der Waals surface area contributed by atoms with Gasteiger partial charge in [0.2, 0.25) is 23.1 Å². The fourth-order valence-corrected chi connectivity index (χ4v) is 6.46. The van der Waals surface area contributed by atoms with E-state index in [0.29, 0.717) is 6.29 Å². The molecule has 1 atom stereocenters. The second-order valence-corrected chi connectivity index (χ2v) is 13.0. The van der Waals surface area contributed by atoms with Gasteiger partial charge in [0.1, 0.15) is 12.9 Å². The number of hydrogen-bond donors (Lipinski definition) is 1. The van der Waals surface area contributed by atoms with Gasteiger partial charge in [0.05, 0.1) is 5.76 Å². The molecule has 0 fully saturated rings. The number of benzene rings is 4. The summed E-state index contributed by atoms with van der Waals surface area (Å²) in [6.45, 7) is 5.06. The van der Waals surface area contributed by atoms with Gasteiger partial charge in [-0.15, -0.1) is 0 Å². The van der Waals surface area contributed by atoms with Gasteiger partial charge in [-0.1, -0.05) is 55.1 Å². The van der Waals surface area contributed by atoms with Crippen LogP contribution in [0.25, 0.3) is 11.1 Å². The van der Waals surface area contributed by atoms with Crippen molar-refractivity contribution < 1.29 is 63.7 Å². The van der Waals surface area contributed by atoms with Crippen LogP contribution in [0.5, 0.6) is 11.5 Å². The maximum atomic E-state index is 14.7. The van der Waals surface area contributed by atoms with Gasteiger partial charge in [-0.05, 0) is 55.4 Å². The van der Waals surface area contributed by atoms with Crippen molar-refractivity contribution in [3.8, 4) is 22.6 Å². The van der Waals surface area contributed by atoms with Gasteiger partial charge in [0, 0.05) is 41.8 Å². The second kappa shape index (κ2) is 16.7. The first kappa shape index (κ1) is 40.5. The van der Waals surface area contributed by atoms with Crippen molar-refractivity contribution >= 4 is 18.3 Å². The zero-order chi connectivity index (χ0) is 40.2. The minimum atomic E-state index is -2.10. The third-order valence-corrected chi connectivity index (χ3v) is 9.49. The number of halogens is 8. The van der Waals surface area contributed by atoms with Crippen molar-refractivity contribution in [3.63, 3.8) is 0 Å². The molecule has 1 aliphatic rings. The number of ether oxygens (including phenoxy) is 3. The van der Waals surface area contributed by atoms with E-state index in [2.05, 4.69) is 11.9 Å². The molecular weight excluding hydrogens is 742 g/mol. The molecule has 0 radical (unpaired) electrons. The third kappa shape index (κ3) is 8.35. The first-order valence-corrected chi connectivity index (χ1v) is 16.9. The van der Waals surface area contributed by atoms with E-state index in [-0.39, 0.29) is 38.2 Å². The number of carbonyl (C=O) groups is 3. The topological polar surface area (TPSA) is 90.9 Å². The van der Waals surface area contributed by atoms with Gasteiger partial charge < -0.3 is 24.3 Å². The standard InChI is InChI=1S/C40H33F8NO6/c1-20(54-37-31(43)21(2)29(41)33(45)35(37)47)13-16-40(15-8-18-50,17-14-28(51)55-38-32(44)22(3)30(42)34(46)36(38)48)49-39(52)53-19-27-25-11-6-4-9-23(25)24-10-5-7-12-26(24)27/h4-7,9-12,18,27H,1,8,13-17,19H2,2-3H3,(H,49,52). The summed E-state index contributed by atoms with van der Waals surface area (Å²) in [6, 6.07) is 15.0. The Labute approximate surface area is 309 Å². The number of aldehydes is 1. The molecule has 290 valence electrons. The molecule has 1 amide bonds. The number of allylic oxidation sites excluding steroid dienone is 1. The van der Waals surface area contributed by atoms with E-state index in [9.17, 15) is 49.5 Å². The van der Waals surface area contributed by atoms with Crippen molar-refractivity contribution in [2.45, 2.75) is 63.8 Å². The Morgan fingerprint density at radius 1 is 0.691 bits per heavy atom. The average Bonchev–Trinajstić information content (AvgIpc) is 3.51. The third-order valence-electron chi connectivity index (χ3n) is 9.49. The highest BCUT2D eigenvalue weighted by atomic mass is 19.2. The van der Waals surface area contributed by atoms with Crippen LogP contribution in [0.1, 0.15) is 66.7 Å². The van der Waals surface area contributed by atoms with Crippen LogP contribution < -0.4 is 14.8 Å². The molecule has 15 heteroatoms. The van der Waals surface area contributed by atoms with Crippen LogP contribution in [0.3, 0.4) is 0 Å². The van der Waals surface area contributed by atoms with Crippen molar-refractivity contribution in [2.75, 3.05) is 6.61 Å². The van der Waals surface area contributed by atoms with Crippen LogP contribution in [0.15, 0.2) is 60.9 Å². The molecule has 4 aromatic rings. The Bertz CT molecular complexity index is 1980. The zero-order valence-corrected chi connectivity index (χ0v) is 29.4. The summed E-state index contributed by atoms with van der Waals surface area (Å²) in [7, 11) is 0. The molecule has 0 heterocycles. The fourth-order valence-electron chi connectivity index (χ4n) is 6.46. The molecule has 5 rings (SSSR count). The molecule has 7 nitrogen and oxygen atoms in total. The summed E-state index contributed by atoms with van der Waals surface area (Å²) >= 11 is 0. The van der Waals surface area contributed by atoms with E-state index >= 15 is 0 Å². The molecule has 0 saturated heterocycles. The first-order chi connectivity index (χ1) is 26.1. The van der Waals surface area contributed by atoms with Crippen molar-refractivity contribution in [2.24, 2.45) is 0 Å². The number of hydrogen-bond acceptors (Lipinski definition) is 6. The van der Waals surface area contributed by atoms with Crippen LogP contribution in [0, 0.1) is 60.4 Å². The minimum absolute atomic E-state index is 0.163. The summed E-state index contributed by atoms with van der Waals surface area (Å²) in [5, 5.41) is 2.63. The van der Waals surface area contributed by atoms with Gasteiger partial charge in [-0.25, -0.2) is 31.1 Å². The van der Waals surface area contributed by atoms with Crippen molar-refractivity contribution in [1.29, 1.82) is 0 Å². The van der Waals surface area contributed by atoms with Crippen molar-refractivity contribution in [1.82, 2.24) is 5.32 Å². The van der Waals surface area contributed by atoms with Crippen LogP contribution in [0.4, 0.5) is 39.9 Å². The van der Waals surface area contributed by atoms with Gasteiger partial charge in [0.25, 0.3) is 0 Å². The summed E-state index contributed by atoms with van der Waals surface area (Å²) in [5.41, 5.74) is 0.188. The Hall–Kier alpha value is -5.73. The second-order valence-electron chi connectivity index (χ2n) is 13.0. The number of carbonyl (C=O) groups excluding carboxylic acids is 3. The summed E-state index contributed by atoms with van der Waals surface area (Å²) in [5.74, 6) is -19.9. The Morgan fingerprint density at radius 3 is 1.71 bits per heavy atom. The lowest BCUT2D eigenvalue weighted by molar-refractivity contribution is -0.135. The van der Waals surface area contributed by atoms with Crippen molar-refractivity contribution in [3.05, 3.63) is 130 Å². The van der Waals surface area contributed by atoms with E-state index in [1.54, 1.807) is 0 Å². The minimum Gasteiger partial charge on any atom is -0.456 e. The molecule has 0 bridgehead atoms. The zero-order valence-electron chi connectivity index (χ0n) is 29.4. The molecule has 55 heavy (non-hydrogen) atoms. The van der Waals surface area contributed by atoms with Crippen LogP contribution in [0.2, 0.25) is 0 Å². The largest absolute Gasteiger partial charge is 0.456 e. The van der Waals surface area contributed by atoms with Crippen LogP contribution in [-0.2, 0) is 14.3 Å². The highest BCUT2D eigenvalue weighted by molar-refractivity contribution is 5.79. The van der Waals surface area contributed by atoms with Gasteiger partial charge >= 0.3 is 12.1 Å². The summed E-state index contributed by atoms with van der Waals surface area (Å²) in [4.78, 5) is 38.0. The molecule has 0 aromatic heterocycles. The Kier molecular flexibility index (Phi) is 12.3. The molecule has 0 aliphatic heterocycles.